The van der Waals surface area contributed by atoms with Crippen molar-refractivity contribution in [1.29, 1.82) is 0 Å². The van der Waals surface area contributed by atoms with Gasteiger partial charge in [0.05, 0.1) is 6.10 Å². The van der Waals surface area contributed by atoms with Crippen molar-refractivity contribution in [3.8, 4) is 0 Å². The first-order valence-electron chi connectivity index (χ1n) is 3.95. The van der Waals surface area contributed by atoms with Crippen LogP contribution >= 0.6 is 0 Å². The van der Waals surface area contributed by atoms with E-state index in [1.165, 1.54) is 25.9 Å². The average Bonchev–Trinajstić information content (AvgIpc) is 1.74. The summed E-state index contributed by atoms with van der Waals surface area (Å²) < 4.78 is 5.23. The molecule has 0 aromatic carbocycles. The van der Waals surface area contributed by atoms with Gasteiger partial charge in [0.25, 0.3) is 0 Å². The number of likely N-dealkylation sites (tertiary alicyclic amines) is 1. The Kier molecular flexibility index (Phi) is 1.29. The van der Waals surface area contributed by atoms with Crippen molar-refractivity contribution >= 4 is 0 Å². The van der Waals surface area contributed by atoms with Crippen molar-refractivity contribution in [3.63, 3.8) is 0 Å². The summed E-state index contributed by atoms with van der Waals surface area (Å²) in [5.74, 6) is 0. The lowest BCUT2D eigenvalue weighted by molar-refractivity contribution is -0.132. The summed E-state index contributed by atoms with van der Waals surface area (Å²) >= 11 is 0. The van der Waals surface area contributed by atoms with Crippen LogP contribution in [0, 0.1) is 5.41 Å². The zero-order valence-corrected chi connectivity index (χ0v) is 6.76. The molecule has 0 radical (unpaired) electrons. The van der Waals surface area contributed by atoms with E-state index in [1.54, 1.807) is 0 Å². The molecule has 1 saturated carbocycles. The van der Waals surface area contributed by atoms with Gasteiger partial charge in [-0.15, -0.1) is 0 Å². The Hall–Kier alpha value is -0.0800. The molecule has 2 fully saturated rings. The number of methoxy groups -OCH3 is 1. The van der Waals surface area contributed by atoms with Crippen LogP contribution in [0.5, 0.6) is 0 Å². The van der Waals surface area contributed by atoms with Crippen molar-refractivity contribution in [1.82, 2.24) is 4.90 Å². The molecule has 1 aliphatic carbocycles. The monoisotopic (exact) mass is 141 g/mol. The normalized spacial score (nSPS) is 31.8. The molecule has 2 heteroatoms. The molecule has 0 amide bonds. The summed E-state index contributed by atoms with van der Waals surface area (Å²) in [4.78, 5) is 2.38. The SMILES string of the molecule is COC1CC2(C1)CN(C)C2. The number of ether oxygens (including phenoxy) is 1. The molecule has 1 aliphatic heterocycles. The maximum absolute atomic E-state index is 5.23. The highest BCUT2D eigenvalue weighted by molar-refractivity contribution is 5.03. The molecule has 0 aromatic rings. The topological polar surface area (TPSA) is 12.5 Å². The molecule has 0 N–H and O–H groups in total. The molecule has 0 atom stereocenters. The molecule has 2 nitrogen and oxygen atoms in total. The summed E-state index contributed by atoms with van der Waals surface area (Å²) in [5.41, 5.74) is 0.690. The number of hydrogen-bond acceptors (Lipinski definition) is 2. The Bertz CT molecular complexity index is 132. The lowest BCUT2D eigenvalue weighted by Gasteiger charge is -2.57. The number of rotatable bonds is 1. The van der Waals surface area contributed by atoms with Crippen LogP contribution in [0.25, 0.3) is 0 Å². The van der Waals surface area contributed by atoms with E-state index < -0.39 is 0 Å². The largest absolute Gasteiger partial charge is 0.381 e. The van der Waals surface area contributed by atoms with E-state index in [4.69, 9.17) is 4.74 Å². The second-order valence-electron chi connectivity index (χ2n) is 3.94. The van der Waals surface area contributed by atoms with E-state index in [1.807, 2.05) is 7.11 Å². The Labute approximate surface area is 62.2 Å². The van der Waals surface area contributed by atoms with Gasteiger partial charge in [-0.3, -0.25) is 0 Å². The summed E-state index contributed by atoms with van der Waals surface area (Å²) in [6.45, 7) is 2.60. The highest BCUT2D eigenvalue weighted by Crippen LogP contribution is 2.48. The van der Waals surface area contributed by atoms with Crippen molar-refractivity contribution < 1.29 is 4.74 Å². The van der Waals surface area contributed by atoms with Gasteiger partial charge in [-0.05, 0) is 19.9 Å². The molecular formula is C8H15NO. The van der Waals surface area contributed by atoms with Crippen molar-refractivity contribution in [2.45, 2.75) is 18.9 Å². The summed E-state index contributed by atoms with van der Waals surface area (Å²) in [6, 6.07) is 0. The van der Waals surface area contributed by atoms with Gasteiger partial charge < -0.3 is 9.64 Å². The van der Waals surface area contributed by atoms with Gasteiger partial charge in [-0.1, -0.05) is 0 Å². The van der Waals surface area contributed by atoms with Gasteiger partial charge >= 0.3 is 0 Å². The molecular weight excluding hydrogens is 126 g/mol. The molecule has 1 heterocycles. The Morgan fingerprint density at radius 3 is 2.40 bits per heavy atom. The molecule has 10 heavy (non-hydrogen) atoms. The fraction of sp³-hybridized carbons (Fsp3) is 1.00. The lowest BCUT2D eigenvalue weighted by atomic mass is 9.62. The van der Waals surface area contributed by atoms with E-state index in [0.717, 1.165) is 0 Å². The van der Waals surface area contributed by atoms with Gasteiger partial charge in [0.1, 0.15) is 0 Å². The molecule has 0 unspecified atom stereocenters. The van der Waals surface area contributed by atoms with Gasteiger partial charge in [0, 0.05) is 25.6 Å². The highest BCUT2D eigenvalue weighted by Gasteiger charge is 2.51. The first-order valence-corrected chi connectivity index (χ1v) is 3.95. The van der Waals surface area contributed by atoms with Crippen LogP contribution in [0.15, 0.2) is 0 Å². The minimum atomic E-state index is 0.578. The molecule has 1 saturated heterocycles. The van der Waals surface area contributed by atoms with E-state index in [0.29, 0.717) is 11.5 Å². The third kappa shape index (κ3) is 0.789. The summed E-state index contributed by atoms with van der Waals surface area (Å²) in [7, 11) is 4.01. The Morgan fingerprint density at radius 1 is 1.40 bits per heavy atom. The van der Waals surface area contributed by atoms with Gasteiger partial charge in [-0.25, -0.2) is 0 Å². The standard InChI is InChI=1S/C8H15NO/c1-9-5-8(6-9)3-7(4-8)10-2/h7H,3-6H2,1-2H3. The quantitative estimate of drug-likeness (QED) is 0.533. The maximum Gasteiger partial charge on any atom is 0.0583 e. The van der Waals surface area contributed by atoms with Crippen molar-refractivity contribution in [2.24, 2.45) is 5.41 Å². The predicted octanol–water partition coefficient (Wildman–Crippen LogP) is 0.727. The van der Waals surface area contributed by atoms with E-state index in [-0.39, 0.29) is 0 Å². The first-order chi connectivity index (χ1) is 4.74. The Morgan fingerprint density at radius 2 is 2.00 bits per heavy atom. The molecule has 1 spiro atoms. The van der Waals surface area contributed by atoms with E-state index in [9.17, 15) is 0 Å². The third-order valence-electron chi connectivity index (χ3n) is 2.87. The average molecular weight is 141 g/mol. The third-order valence-corrected chi connectivity index (χ3v) is 2.87. The Balaban J connectivity index is 1.80. The van der Waals surface area contributed by atoms with Crippen LogP contribution in [0.1, 0.15) is 12.8 Å². The fourth-order valence-corrected chi connectivity index (χ4v) is 2.43. The van der Waals surface area contributed by atoms with Crippen LogP contribution in [0.3, 0.4) is 0 Å². The zero-order chi connectivity index (χ0) is 7.19. The van der Waals surface area contributed by atoms with Crippen LogP contribution in [-0.2, 0) is 4.74 Å². The van der Waals surface area contributed by atoms with Crippen LogP contribution < -0.4 is 0 Å². The summed E-state index contributed by atoms with van der Waals surface area (Å²) in [5, 5.41) is 0. The van der Waals surface area contributed by atoms with Crippen LogP contribution in [-0.4, -0.2) is 38.3 Å². The molecule has 2 aliphatic rings. The second-order valence-corrected chi connectivity index (χ2v) is 3.94. The highest BCUT2D eigenvalue weighted by atomic mass is 16.5. The predicted molar refractivity (Wildman–Crippen MR) is 40.0 cm³/mol. The molecule has 2 rings (SSSR count). The summed E-state index contributed by atoms with van der Waals surface area (Å²) in [6.07, 6.45) is 3.18. The van der Waals surface area contributed by atoms with Crippen molar-refractivity contribution in [2.75, 3.05) is 27.2 Å². The van der Waals surface area contributed by atoms with Gasteiger partial charge in [0.2, 0.25) is 0 Å². The fourth-order valence-electron chi connectivity index (χ4n) is 2.43. The van der Waals surface area contributed by atoms with E-state index >= 15 is 0 Å². The number of hydrogen-bond donors (Lipinski definition) is 0. The first kappa shape index (κ1) is 6.62. The van der Waals surface area contributed by atoms with Crippen LogP contribution in [0.4, 0.5) is 0 Å². The minimum absolute atomic E-state index is 0.578. The maximum atomic E-state index is 5.23. The molecule has 0 aromatic heterocycles. The lowest BCUT2D eigenvalue weighted by Crippen LogP contribution is -2.62. The van der Waals surface area contributed by atoms with Gasteiger partial charge in [0.15, 0.2) is 0 Å². The molecule has 0 bridgehead atoms. The zero-order valence-electron chi connectivity index (χ0n) is 6.76. The smallest absolute Gasteiger partial charge is 0.0583 e. The van der Waals surface area contributed by atoms with Crippen molar-refractivity contribution in [3.05, 3.63) is 0 Å². The molecule has 58 valence electrons. The van der Waals surface area contributed by atoms with Gasteiger partial charge in [-0.2, -0.15) is 0 Å². The minimum Gasteiger partial charge on any atom is -0.381 e. The van der Waals surface area contributed by atoms with Crippen LogP contribution in [0.2, 0.25) is 0 Å². The second kappa shape index (κ2) is 1.95. The van der Waals surface area contributed by atoms with E-state index in [2.05, 4.69) is 11.9 Å². The number of nitrogens with zero attached hydrogens (tertiary/aromatic N) is 1.